The van der Waals surface area contributed by atoms with E-state index < -0.39 is 0 Å². The standard InChI is InChI=1S/C10H20N2/c1-3-6-10(11)12-8-5-4-7-9(12)2/h9,11H,3-8H2,1-2H3. The summed E-state index contributed by atoms with van der Waals surface area (Å²) in [6.45, 7) is 5.49. The highest BCUT2D eigenvalue weighted by Crippen LogP contribution is 2.17. The average Bonchev–Trinajstić information content (AvgIpc) is 2.05. The van der Waals surface area contributed by atoms with Gasteiger partial charge in [-0.1, -0.05) is 6.92 Å². The Morgan fingerprint density at radius 3 is 2.83 bits per heavy atom. The molecule has 1 rings (SSSR count). The van der Waals surface area contributed by atoms with E-state index in [1.165, 1.54) is 19.3 Å². The summed E-state index contributed by atoms with van der Waals surface area (Å²) >= 11 is 0. The molecule has 0 saturated carbocycles. The van der Waals surface area contributed by atoms with Gasteiger partial charge in [0.25, 0.3) is 0 Å². The van der Waals surface area contributed by atoms with Crippen molar-refractivity contribution in [3.8, 4) is 0 Å². The molecule has 0 aromatic carbocycles. The number of piperidine rings is 1. The summed E-state index contributed by atoms with van der Waals surface area (Å²) in [5.41, 5.74) is 0. The quantitative estimate of drug-likeness (QED) is 0.498. The van der Waals surface area contributed by atoms with E-state index in [1.807, 2.05) is 0 Å². The molecular formula is C10H20N2. The molecule has 1 heterocycles. The van der Waals surface area contributed by atoms with Crippen molar-refractivity contribution in [2.45, 2.75) is 52.0 Å². The maximum atomic E-state index is 7.84. The lowest BCUT2D eigenvalue weighted by atomic mass is 10.0. The molecule has 0 aromatic rings. The number of amidine groups is 1. The van der Waals surface area contributed by atoms with E-state index in [0.29, 0.717) is 6.04 Å². The summed E-state index contributed by atoms with van der Waals surface area (Å²) < 4.78 is 0. The van der Waals surface area contributed by atoms with Gasteiger partial charge in [0.05, 0.1) is 5.84 Å². The first-order valence-corrected chi connectivity index (χ1v) is 5.09. The highest BCUT2D eigenvalue weighted by molar-refractivity contribution is 5.79. The topological polar surface area (TPSA) is 27.1 Å². The molecule has 1 fully saturated rings. The fourth-order valence-electron chi connectivity index (χ4n) is 1.88. The second kappa shape index (κ2) is 4.48. The molecule has 0 spiro atoms. The Labute approximate surface area is 75.5 Å². The van der Waals surface area contributed by atoms with Crippen LogP contribution in [0.5, 0.6) is 0 Å². The molecule has 0 bridgehead atoms. The lowest BCUT2D eigenvalue weighted by Gasteiger charge is -2.35. The molecule has 1 aliphatic rings. The molecule has 2 heteroatoms. The Morgan fingerprint density at radius 2 is 2.25 bits per heavy atom. The Kier molecular flexibility index (Phi) is 3.57. The third-order valence-corrected chi connectivity index (χ3v) is 2.64. The fraction of sp³-hybridized carbons (Fsp3) is 0.900. The lowest BCUT2D eigenvalue weighted by Crippen LogP contribution is -2.41. The first kappa shape index (κ1) is 9.56. The molecule has 70 valence electrons. The third-order valence-electron chi connectivity index (χ3n) is 2.64. The number of nitrogens with zero attached hydrogens (tertiary/aromatic N) is 1. The molecule has 0 aliphatic carbocycles. The van der Waals surface area contributed by atoms with Crippen LogP contribution in [0.2, 0.25) is 0 Å². The van der Waals surface area contributed by atoms with Crippen molar-refractivity contribution < 1.29 is 0 Å². The number of rotatable bonds is 2. The smallest absolute Gasteiger partial charge is 0.0959 e. The summed E-state index contributed by atoms with van der Waals surface area (Å²) in [5.74, 6) is 0.852. The molecule has 0 aromatic heterocycles. The normalized spacial score (nSPS) is 24.2. The van der Waals surface area contributed by atoms with E-state index >= 15 is 0 Å². The molecule has 1 unspecified atom stereocenters. The highest BCUT2D eigenvalue weighted by atomic mass is 15.2. The van der Waals surface area contributed by atoms with Crippen LogP contribution in [0, 0.1) is 5.41 Å². The monoisotopic (exact) mass is 168 g/mol. The molecule has 1 atom stereocenters. The molecule has 1 saturated heterocycles. The van der Waals surface area contributed by atoms with E-state index in [4.69, 9.17) is 5.41 Å². The van der Waals surface area contributed by atoms with Crippen LogP contribution in [-0.4, -0.2) is 23.3 Å². The van der Waals surface area contributed by atoms with Crippen LogP contribution in [0.3, 0.4) is 0 Å². The zero-order chi connectivity index (χ0) is 8.97. The summed E-state index contributed by atoms with van der Waals surface area (Å²) in [4.78, 5) is 2.27. The van der Waals surface area contributed by atoms with Gasteiger partial charge in [0.2, 0.25) is 0 Å². The van der Waals surface area contributed by atoms with Gasteiger partial charge in [-0.3, -0.25) is 5.41 Å². The molecule has 0 radical (unpaired) electrons. The molecule has 0 amide bonds. The highest BCUT2D eigenvalue weighted by Gasteiger charge is 2.19. The van der Waals surface area contributed by atoms with Crippen molar-refractivity contribution in [1.82, 2.24) is 4.90 Å². The molecular weight excluding hydrogens is 148 g/mol. The SMILES string of the molecule is CCCC(=N)N1CCCCC1C. The van der Waals surface area contributed by atoms with E-state index in [1.54, 1.807) is 0 Å². The van der Waals surface area contributed by atoms with Gasteiger partial charge in [-0.05, 0) is 32.6 Å². The predicted octanol–water partition coefficient (Wildman–Crippen LogP) is 2.64. The summed E-state index contributed by atoms with van der Waals surface area (Å²) in [7, 11) is 0. The minimum atomic E-state index is 0.609. The van der Waals surface area contributed by atoms with Crippen molar-refractivity contribution in [3.05, 3.63) is 0 Å². The van der Waals surface area contributed by atoms with Crippen molar-refractivity contribution in [1.29, 1.82) is 5.41 Å². The Balaban J connectivity index is 2.42. The van der Waals surface area contributed by atoms with Gasteiger partial charge in [-0.2, -0.15) is 0 Å². The summed E-state index contributed by atoms with van der Waals surface area (Å²) in [6.07, 6.45) is 5.94. The second-order valence-corrected chi connectivity index (χ2v) is 3.73. The fourth-order valence-corrected chi connectivity index (χ4v) is 1.88. The maximum absolute atomic E-state index is 7.84. The largest absolute Gasteiger partial charge is 0.358 e. The predicted molar refractivity (Wildman–Crippen MR) is 52.7 cm³/mol. The molecule has 1 N–H and O–H groups in total. The zero-order valence-electron chi connectivity index (χ0n) is 8.27. The van der Waals surface area contributed by atoms with E-state index in [2.05, 4.69) is 18.7 Å². The summed E-state index contributed by atoms with van der Waals surface area (Å²) in [6, 6.07) is 0.609. The van der Waals surface area contributed by atoms with Crippen LogP contribution in [0.15, 0.2) is 0 Å². The Hall–Kier alpha value is -0.530. The number of hydrogen-bond donors (Lipinski definition) is 1. The lowest BCUT2D eigenvalue weighted by molar-refractivity contribution is 0.252. The van der Waals surface area contributed by atoms with Crippen molar-refractivity contribution in [3.63, 3.8) is 0 Å². The molecule has 1 aliphatic heterocycles. The minimum absolute atomic E-state index is 0.609. The van der Waals surface area contributed by atoms with E-state index in [0.717, 1.165) is 25.2 Å². The maximum Gasteiger partial charge on any atom is 0.0959 e. The minimum Gasteiger partial charge on any atom is -0.358 e. The van der Waals surface area contributed by atoms with Crippen LogP contribution in [-0.2, 0) is 0 Å². The van der Waals surface area contributed by atoms with Gasteiger partial charge in [0.15, 0.2) is 0 Å². The van der Waals surface area contributed by atoms with Gasteiger partial charge in [-0.15, -0.1) is 0 Å². The van der Waals surface area contributed by atoms with E-state index in [9.17, 15) is 0 Å². The van der Waals surface area contributed by atoms with Crippen LogP contribution >= 0.6 is 0 Å². The Bertz CT molecular complexity index is 154. The summed E-state index contributed by atoms with van der Waals surface area (Å²) in [5, 5.41) is 7.84. The number of hydrogen-bond acceptors (Lipinski definition) is 1. The van der Waals surface area contributed by atoms with Crippen LogP contribution in [0.1, 0.15) is 46.0 Å². The van der Waals surface area contributed by atoms with Gasteiger partial charge >= 0.3 is 0 Å². The number of nitrogens with one attached hydrogen (secondary N) is 1. The van der Waals surface area contributed by atoms with Crippen molar-refractivity contribution in [2.24, 2.45) is 0 Å². The van der Waals surface area contributed by atoms with E-state index in [-0.39, 0.29) is 0 Å². The van der Waals surface area contributed by atoms with Crippen molar-refractivity contribution in [2.75, 3.05) is 6.54 Å². The van der Waals surface area contributed by atoms with Gasteiger partial charge in [0.1, 0.15) is 0 Å². The van der Waals surface area contributed by atoms with Crippen molar-refractivity contribution >= 4 is 5.84 Å². The van der Waals surface area contributed by atoms with Gasteiger partial charge < -0.3 is 4.90 Å². The second-order valence-electron chi connectivity index (χ2n) is 3.73. The first-order chi connectivity index (χ1) is 5.75. The third kappa shape index (κ3) is 2.23. The Morgan fingerprint density at radius 1 is 1.50 bits per heavy atom. The number of likely N-dealkylation sites (tertiary alicyclic amines) is 1. The zero-order valence-corrected chi connectivity index (χ0v) is 8.27. The molecule has 12 heavy (non-hydrogen) atoms. The van der Waals surface area contributed by atoms with Crippen LogP contribution in [0.4, 0.5) is 0 Å². The first-order valence-electron chi connectivity index (χ1n) is 5.09. The van der Waals surface area contributed by atoms with Gasteiger partial charge in [-0.25, -0.2) is 0 Å². The van der Waals surface area contributed by atoms with Crippen LogP contribution < -0.4 is 0 Å². The van der Waals surface area contributed by atoms with Crippen LogP contribution in [0.25, 0.3) is 0 Å². The average molecular weight is 168 g/mol. The van der Waals surface area contributed by atoms with Gasteiger partial charge in [0, 0.05) is 19.0 Å². The molecule has 2 nitrogen and oxygen atoms in total.